The molecule has 3 heterocycles. The van der Waals surface area contributed by atoms with Gasteiger partial charge in [-0.05, 0) is 56.0 Å². The van der Waals surface area contributed by atoms with Crippen LogP contribution in [0.3, 0.4) is 0 Å². The molecule has 1 atom stereocenters. The van der Waals surface area contributed by atoms with E-state index in [0.29, 0.717) is 12.6 Å². The van der Waals surface area contributed by atoms with Crippen molar-refractivity contribution >= 4 is 0 Å². The number of fused-ring (bicyclic) bond motifs is 2. The topological polar surface area (TPSA) is 38.2 Å². The first-order valence-corrected chi connectivity index (χ1v) is 8.71. The van der Waals surface area contributed by atoms with Crippen molar-refractivity contribution in [1.82, 2.24) is 14.9 Å². The van der Waals surface area contributed by atoms with E-state index in [1.165, 1.54) is 23.3 Å². The van der Waals surface area contributed by atoms with Crippen molar-refractivity contribution in [2.24, 2.45) is 0 Å². The maximum Gasteiger partial charge on any atom is 0.142 e. The van der Waals surface area contributed by atoms with E-state index in [9.17, 15) is 0 Å². The van der Waals surface area contributed by atoms with E-state index in [0.717, 1.165) is 37.4 Å². The summed E-state index contributed by atoms with van der Waals surface area (Å²) in [5.41, 5.74) is 5.00. The van der Waals surface area contributed by atoms with E-state index in [1.54, 1.807) is 0 Å². The second-order valence-corrected chi connectivity index (χ2v) is 6.67. The Balaban J connectivity index is 1.71. The molecule has 0 fully saturated rings. The Bertz CT molecular complexity index is 756. The third-order valence-corrected chi connectivity index (χ3v) is 4.93. The number of ether oxygens (including phenoxy) is 1. The largest absolute Gasteiger partial charge is 0.488 e. The summed E-state index contributed by atoms with van der Waals surface area (Å²) in [4.78, 5) is 11.8. The van der Waals surface area contributed by atoms with Gasteiger partial charge in [0.25, 0.3) is 0 Å². The predicted octanol–water partition coefficient (Wildman–Crippen LogP) is 3.69. The third-order valence-electron chi connectivity index (χ3n) is 4.93. The van der Waals surface area contributed by atoms with Crippen LogP contribution in [0.15, 0.2) is 48.3 Å². The van der Waals surface area contributed by atoms with E-state index in [2.05, 4.69) is 35.0 Å². The maximum absolute atomic E-state index is 5.90. The number of aryl methyl sites for hydroxylation is 1. The summed E-state index contributed by atoms with van der Waals surface area (Å²) < 4.78 is 5.90. The molecule has 4 nitrogen and oxygen atoms in total. The van der Waals surface area contributed by atoms with Gasteiger partial charge in [0.15, 0.2) is 0 Å². The zero-order chi connectivity index (χ0) is 16.4. The number of hydrogen-bond donors (Lipinski definition) is 0. The van der Waals surface area contributed by atoms with Crippen molar-refractivity contribution in [2.75, 3.05) is 13.2 Å². The molecule has 1 aliphatic carbocycles. The first-order chi connectivity index (χ1) is 11.8. The molecule has 0 radical (unpaired) electrons. The number of aromatic nitrogens is 2. The van der Waals surface area contributed by atoms with Crippen molar-refractivity contribution in [3.05, 3.63) is 65.3 Å². The van der Waals surface area contributed by atoms with Crippen LogP contribution < -0.4 is 4.74 Å². The van der Waals surface area contributed by atoms with Crippen molar-refractivity contribution in [3.63, 3.8) is 0 Å². The van der Waals surface area contributed by atoms with Gasteiger partial charge in [0.1, 0.15) is 12.4 Å². The molecule has 2 aromatic rings. The monoisotopic (exact) mass is 321 g/mol. The standard InChI is InChI=1S/C20H23N3O/c1-15-9-12-24-19-8-4-10-21-17(19)14-23(13-15)18-7-2-5-16-6-3-11-22-20(16)18/h3-4,6,8-11,18H,2,5,7,12-14H2,1H3/b15-9-. The molecular formula is C20H23N3O. The minimum Gasteiger partial charge on any atom is -0.488 e. The van der Waals surface area contributed by atoms with E-state index in [4.69, 9.17) is 9.72 Å². The van der Waals surface area contributed by atoms with Crippen LogP contribution in [0, 0.1) is 0 Å². The molecule has 0 spiro atoms. The molecule has 0 saturated carbocycles. The summed E-state index contributed by atoms with van der Waals surface area (Å²) in [6.45, 7) is 4.52. The second-order valence-electron chi connectivity index (χ2n) is 6.67. The van der Waals surface area contributed by atoms with Gasteiger partial charge in [-0.3, -0.25) is 14.9 Å². The zero-order valence-electron chi connectivity index (χ0n) is 14.1. The number of nitrogens with zero attached hydrogens (tertiary/aromatic N) is 3. The van der Waals surface area contributed by atoms with Gasteiger partial charge >= 0.3 is 0 Å². The zero-order valence-corrected chi connectivity index (χ0v) is 14.1. The van der Waals surface area contributed by atoms with Gasteiger partial charge in [-0.15, -0.1) is 0 Å². The fourth-order valence-corrected chi connectivity index (χ4v) is 3.74. The Morgan fingerprint density at radius 1 is 1.12 bits per heavy atom. The number of hydrogen-bond acceptors (Lipinski definition) is 4. The summed E-state index contributed by atoms with van der Waals surface area (Å²) in [5.74, 6) is 0.894. The summed E-state index contributed by atoms with van der Waals surface area (Å²) >= 11 is 0. The van der Waals surface area contributed by atoms with Crippen LogP contribution >= 0.6 is 0 Å². The van der Waals surface area contributed by atoms with Crippen LogP contribution in [0.1, 0.15) is 42.8 Å². The number of pyridine rings is 2. The summed E-state index contributed by atoms with van der Waals surface area (Å²) in [6, 6.07) is 8.58. The molecule has 124 valence electrons. The predicted molar refractivity (Wildman–Crippen MR) is 93.8 cm³/mol. The number of rotatable bonds is 1. The minimum absolute atomic E-state index is 0.353. The van der Waals surface area contributed by atoms with Crippen molar-refractivity contribution < 1.29 is 4.74 Å². The first kappa shape index (κ1) is 15.3. The molecule has 0 saturated heterocycles. The molecule has 4 rings (SSSR count). The van der Waals surface area contributed by atoms with Gasteiger partial charge in [-0.2, -0.15) is 0 Å². The normalized spacial score (nSPS) is 23.5. The van der Waals surface area contributed by atoms with Gasteiger partial charge in [-0.25, -0.2) is 0 Å². The van der Waals surface area contributed by atoms with Crippen molar-refractivity contribution in [3.8, 4) is 5.75 Å². The molecule has 1 unspecified atom stereocenters. The van der Waals surface area contributed by atoms with Crippen LogP contribution in [0.5, 0.6) is 5.75 Å². The van der Waals surface area contributed by atoms with Crippen LogP contribution in [0.25, 0.3) is 0 Å². The molecule has 4 heteroatoms. The van der Waals surface area contributed by atoms with E-state index >= 15 is 0 Å². The van der Waals surface area contributed by atoms with Gasteiger partial charge < -0.3 is 4.74 Å². The van der Waals surface area contributed by atoms with Gasteiger partial charge in [0, 0.05) is 25.5 Å². The highest BCUT2D eigenvalue weighted by Crippen LogP contribution is 2.35. The quantitative estimate of drug-likeness (QED) is 0.751. The molecule has 24 heavy (non-hydrogen) atoms. The summed E-state index contributed by atoms with van der Waals surface area (Å²) in [6.07, 6.45) is 9.46. The van der Waals surface area contributed by atoms with E-state index in [1.807, 2.05) is 24.5 Å². The molecule has 0 aromatic carbocycles. The molecule has 2 aliphatic rings. The second kappa shape index (κ2) is 6.73. The average Bonchev–Trinajstić information content (AvgIpc) is 2.69. The van der Waals surface area contributed by atoms with Crippen molar-refractivity contribution in [2.45, 2.75) is 38.8 Å². The third kappa shape index (κ3) is 3.06. The lowest BCUT2D eigenvalue weighted by atomic mass is 9.90. The highest BCUT2D eigenvalue weighted by atomic mass is 16.5. The van der Waals surface area contributed by atoms with Crippen LogP contribution in [-0.2, 0) is 13.0 Å². The fraction of sp³-hybridized carbons (Fsp3) is 0.400. The Morgan fingerprint density at radius 2 is 2.00 bits per heavy atom. The molecular weight excluding hydrogens is 298 g/mol. The highest BCUT2D eigenvalue weighted by Gasteiger charge is 2.28. The lowest BCUT2D eigenvalue weighted by Crippen LogP contribution is -2.33. The molecule has 0 N–H and O–H groups in total. The van der Waals surface area contributed by atoms with E-state index in [-0.39, 0.29) is 0 Å². The Hall–Kier alpha value is -2.20. The van der Waals surface area contributed by atoms with Crippen LogP contribution in [-0.4, -0.2) is 28.0 Å². The Kier molecular flexibility index (Phi) is 4.30. The van der Waals surface area contributed by atoms with Gasteiger partial charge in [0.05, 0.1) is 17.4 Å². The smallest absolute Gasteiger partial charge is 0.142 e. The first-order valence-electron chi connectivity index (χ1n) is 8.71. The van der Waals surface area contributed by atoms with Crippen molar-refractivity contribution in [1.29, 1.82) is 0 Å². The average molecular weight is 321 g/mol. The summed E-state index contributed by atoms with van der Waals surface area (Å²) in [5, 5.41) is 0. The van der Waals surface area contributed by atoms with Gasteiger partial charge in [0.2, 0.25) is 0 Å². The van der Waals surface area contributed by atoms with Crippen LogP contribution in [0.4, 0.5) is 0 Å². The minimum atomic E-state index is 0.353. The fourth-order valence-electron chi connectivity index (χ4n) is 3.74. The Labute approximate surface area is 143 Å². The lowest BCUT2D eigenvalue weighted by Gasteiger charge is -2.35. The van der Waals surface area contributed by atoms with E-state index < -0.39 is 0 Å². The Morgan fingerprint density at radius 3 is 2.96 bits per heavy atom. The maximum atomic E-state index is 5.90. The molecule has 0 bridgehead atoms. The summed E-state index contributed by atoms with van der Waals surface area (Å²) in [7, 11) is 0. The molecule has 1 aliphatic heterocycles. The van der Waals surface area contributed by atoms with Gasteiger partial charge in [-0.1, -0.05) is 11.6 Å². The molecule has 2 aromatic heterocycles. The lowest BCUT2D eigenvalue weighted by molar-refractivity contribution is 0.178. The van der Waals surface area contributed by atoms with Crippen LogP contribution in [0.2, 0.25) is 0 Å². The highest BCUT2D eigenvalue weighted by molar-refractivity contribution is 5.30. The molecule has 0 amide bonds. The SMILES string of the molecule is C/C1=C/COc2cccnc2CN(C2CCCc3cccnc32)C1.